The van der Waals surface area contributed by atoms with E-state index < -0.39 is 0 Å². The monoisotopic (exact) mass is 294 g/mol. The van der Waals surface area contributed by atoms with Crippen molar-refractivity contribution in [3.05, 3.63) is 18.5 Å². The van der Waals surface area contributed by atoms with Crippen LogP contribution >= 0.6 is 0 Å². The van der Waals surface area contributed by atoms with E-state index in [9.17, 15) is 4.79 Å². The van der Waals surface area contributed by atoms with Gasteiger partial charge in [0.25, 0.3) is 0 Å². The average Bonchev–Trinajstić information content (AvgIpc) is 2.96. The lowest BCUT2D eigenvalue weighted by Crippen LogP contribution is -2.51. The second-order valence-electron chi connectivity index (χ2n) is 5.95. The van der Waals surface area contributed by atoms with Gasteiger partial charge in [-0.1, -0.05) is 0 Å². The highest BCUT2D eigenvalue weighted by Crippen LogP contribution is 2.11. The molecule has 1 amide bonds. The predicted octanol–water partition coefficient (Wildman–Crippen LogP) is 1.06. The standard InChI is InChI=1S/C15H26N4O2/c1-11-9-18(10-12(2)21-11)15(20)8-16-13(3)14(4)19-7-5-6-17-19/h5-7,11-14,16H,8-10H2,1-4H3/t11-,12+,13-,14+/m1/s1. The number of rotatable bonds is 5. The Labute approximate surface area is 126 Å². The van der Waals surface area contributed by atoms with Crippen LogP contribution < -0.4 is 5.32 Å². The van der Waals surface area contributed by atoms with Gasteiger partial charge in [-0.05, 0) is 33.8 Å². The Morgan fingerprint density at radius 1 is 1.38 bits per heavy atom. The van der Waals surface area contributed by atoms with Gasteiger partial charge in [0.05, 0.1) is 24.8 Å². The van der Waals surface area contributed by atoms with Crippen LogP contribution in [0, 0.1) is 0 Å². The Kier molecular flexibility index (Phi) is 5.36. The number of aromatic nitrogens is 2. The van der Waals surface area contributed by atoms with Crippen LogP contribution in [0.25, 0.3) is 0 Å². The fourth-order valence-electron chi connectivity index (χ4n) is 2.66. The zero-order chi connectivity index (χ0) is 15.4. The van der Waals surface area contributed by atoms with Crippen molar-refractivity contribution in [3.63, 3.8) is 0 Å². The maximum absolute atomic E-state index is 12.3. The van der Waals surface area contributed by atoms with E-state index in [4.69, 9.17) is 4.74 Å². The van der Waals surface area contributed by atoms with Gasteiger partial charge < -0.3 is 15.0 Å². The lowest BCUT2D eigenvalue weighted by Gasteiger charge is -2.35. The van der Waals surface area contributed by atoms with Crippen molar-refractivity contribution in [1.82, 2.24) is 20.0 Å². The zero-order valence-corrected chi connectivity index (χ0v) is 13.3. The molecule has 1 N–H and O–H groups in total. The van der Waals surface area contributed by atoms with Gasteiger partial charge >= 0.3 is 0 Å². The molecule has 0 aromatic carbocycles. The zero-order valence-electron chi connectivity index (χ0n) is 13.3. The van der Waals surface area contributed by atoms with Crippen molar-refractivity contribution >= 4 is 5.91 Å². The Balaban J connectivity index is 1.80. The number of nitrogens with zero attached hydrogens (tertiary/aromatic N) is 3. The molecule has 2 heterocycles. The second-order valence-corrected chi connectivity index (χ2v) is 5.95. The molecule has 0 unspecified atom stereocenters. The largest absolute Gasteiger partial charge is 0.372 e. The molecule has 118 valence electrons. The highest BCUT2D eigenvalue weighted by Gasteiger charge is 2.26. The van der Waals surface area contributed by atoms with E-state index in [1.165, 1.54) is 0 Å². The summed E-state index contributed by atoms with van der Waals surface area (Å²) in [7, 11) is 0. The summed E-state index contributed by atoms with van der Waals surface area (Å²) < 4.78 is 7.56. The van der Waals surface area contributed by atoms with E-state index in [1.54, 1.807) is 6.20 Å². The molecular formula is C15H26N4O2. The molecule has 0 aliphatic carbocycles. The van der Waals surface area contributed by atoms with Gasteiger partial charge in [0.2, 0.25) is 5.91 Å². The van der Waals surface area contributed by atoms with Crippen LogP contribution in [0.15, 0.2) is 18.5 Å². The molecule has 0 radical (unpaired) electrons. The Hall–Kier alpha value is -1.40. The van der Waals surface area contributed by atoms with Gasteiger partial charge in [0.15, 0.2) is 0 Å². The van der Waals surface area contributed by atoms with Crippen LogP contribution in [0.1, 0.15) is 33.7 Å². The molecule has 0 spiro atoms. The van der Waals surface area contributed by atoms with Crippen LogP contribution in [0.2, 0.25) is 0 Å². The summed E-state index contributed by atoms with van der Waals surface area (Å²) in [6.45, 7) is 9.88. The number of carbonyl (C=O) groups is 1. The molecule has 0 bridgehead atoms. The van der Waals surface area contributed by atoms with Crippen LogP contribution in [0.5, 0.6) is 0 Å². The number of carbonyl (C=O) groups excluding carboxylic acids is 1. The minimum absolute atomic E-state index is 0.109. The number of nitrogens with one attached hydrogen (secondary N) is 1. The molecule has 1 aliphatic rings. The summed E-state index contributed by atoms with van der Waals surface area (Å²) in [5.74, 6) is 0.136. The number of amides is 1. The molecule has 6 nitrogen and oxygen atoms in total. The molecule has 1 aromatic rings. The smallest absolute Gasteiger partial charge is 0.236 e. The molecule has 2 rings (SSSR count). The molecule has 6 heteroatoms. The van der Waals surface area contributed by atoms with Gasteiger partial charge in [-0.15, -0.1) is 0 Å². The molecule has 1 aromatic heterocycles. The highest BCUT2D eigenvalue weighted by molar-refractivity contribution is 5.78. The van der Waals surface area contributed by atoms with Gasteiger partial charge in [0.1, 0.15) is 0 Å². The van der Waals surface area contributed by atoms with Gasteiger partial charge in [-0.3, -0.25) is 9.48 Å². The van der Waals surface area contributed by atoms with Crippen molar-refractivity contribution in [2.24, 2.45) is 0 Å². The van der Waals surface area contributed by atoms with Crippen molar-refractivity contribution in [1.29, 1.82) is 0 Å². The molecule has 0 saturated carbocycles. The third-order valence-electron chi connectivity index (χ3n) is 4.01. The average molecular weight is 294 g/mol. The third kappa shape index (κ3) is 4.28. The number of morpholine rings is 1. The summed E-state index contributed by atoms with van der Waals surface area (Å²) in [6.07, 6.45) is 3.93. The first kappa shape index (κ1) is 16.0. The van der Waals surface area contributed by atoms with E-state index in [2.05, 4.69) is 24.3 Å². The fraction of sp³-hybridized carbons (Fsp3) is 0.733. The van der Waals surface area contributed by atoms with E-state index in [0.29, 0.717) is 19.6 Å². The van der Waals surface area contributed by atoms with Crippen molar-refractivity contribution in [3.8, 4) is 0 Å². The van der Waals surface area contributed by atoms with Crippen molar-refractivity contribution < 1.29 is 9.53 Å². The third-order valence-corrected chi connectivity index (χ3v) is 4.01. The van der Waals surface area contributed by atoms with Crippen LogP contribution in [0.3, 0.4) is 0 Å². The van der Waals surface area contributed by atoms with Crippen LogP contribution in [-0.4, -0.2) is 58.5 Å². The summed E-state index contributed by atoms with van der Waals surface area (Å²) in [5.41, 5.74) is 0. The van der Waals surface area contributed by atoms with Gasteiger partial charge in [0, 0.05) is 31.5 Å². The Morgan fingerprint density at radius 2 is 2.05 bits per heavy atom. The fourth-order valence-corrected chi connectivity index (χ4v) is 2.66. The Morgan fingerprint density at radius 3 is 2.62 bits per heavy atom. The molecule has 1 aliphatic heterocycles. The number of hydrogen-bond donors (Lipinski definition) is 1. The lowest BCUT2D eigenvalue weighted by molar-refractivity contribution is -0.142. The molecular weight excluding hydrogens is 268 g/mol. The summed E-state index contributed by atoms with van der Waals surface area (Å²) in [5, 5.41) is 7.54. The van der Waals surface area contributed by atoms with Crippen molar-refractivity contribution in [2.45, 2.75) is 52.0 Å². The minimum atomic E-state index is 0.109. The van der Waals surface area contributed by atoms with E-state index >= 15 is 0 Å². The molecule has 1 saturated heterocycles. The first-order valence-electron chi connectivity index (χ1n) is 7.63. The van der Waals surface area contributed by atoms with Crippen LogP contribution in [0.4, 0.5) is 0 Å². The minimum Gasteiger partial charge on any atom is -0.372 e. The maximum atomic E-state index is 12.3. The molecule has 1 fully saturated rings. The predicted molar refractivity (Wildman–Crippen MR) is 81.0 cm³/mol. The first-order valence-corrected chi connectivity index (χ1v) is 7.63. The highest BCUT2D eigenvalue weighted by atomic mass is 16.5. The maximum Gasteiger partial charge on any atom is 0.236 e. The van der Waals surface area contributed by atoms with E-state index in [0.717, 1.165) is 0 Å². The SMILES string of the molecule is C[C@@H]1CN(C(=O)CN[C@H](C)[C@H](C)n2cccn2)C[C@H](C)O1. The normalized spacial score (nSPS) is 25.6. The molecule has 21 heavy (non-hydrogen) atoms. The number of hydrogen-bond acceptors (Lipinski definition) is 4. The van der Waals surface area contributed by atoms with Crippen molar-refractivity contribution in [2.75, 3.05) is 19.6 Å². The van der Waals surface area contributed by atoms with Crippen LogP contribution in [-0.2, 0) is 9.53 Å². The van der Waals surface area contributed by atoms with Gasteiger partial charge in [-0.25, -0.2) is 0 Å². The molecule has 4 atom stereocenters. The van der Waals surface area contributed by atoms with Gasteiger partial charge in [-0.2, -0.15) is 5.10 Å². The second kappa shape index (κ2) is 7.04. The summed E-state index contributed by atoms with van der Waals surface area (Å²) in [4.78, 5) is 14.2. The van der Waals surface area contributed by atoms with E-state index in [1.807, 2.05) is 35.7 Å². The summed E-state index contributed by atoms with van der Waals surface area (Å²) >= 11 is 0. The topological polar surface area (TPSA) is 59.4 Å². The summed E-state index contributed by atoms with van der Waals surface area (Å²) in [6, 6.07) is 2.28. The lowest BCUT2D eigenvalue weighted by atomic mass is 10.1. The quantitative estimate of drug-likeness (QED) is 0.882. The first-order chi connectivity index (χ1) is 9.97. The Bertz CT molecular complexity index is 439. The number of ether oxygens (including phenoxy) is 1. The van der Waals surface area contributed by atoms with E-state index in [-0.39, 0.29) is 30.2 Å².